The van der Waals surface area contributed by atoms with Crippen LogP contribution in [0, 0.1) is 0 Å². The quantitative estimate of drug-likeness (QED) is 0.165. The number of rotatable bonds is 6. The maximum absolute atomic E-state index is 6.94. The SMILES string of the molecule is c1ccc(-c2ccc3c(c2)N(c2ccccc2-c2ccccc2)c2cccc4c2B3c2ccc(N(c3ccccc3)c3ccccc3)cc2O4)cc1. The highest BCUT2D eigenvalue weighted by Crippen LogP contribution is 2.45. The minimum absolute atomic E-state index is 0.00846. The van der Waals surface area contributed by atoms with Gasteiger partial charge in [-0.3, -0.25) is 0 Å². The van der Waals surface area contributed by atoms with Crippen molar-refractivity contribution >= 4 is 57.2 Å². The summed E-state index contributed by atoms with van der Waals surface area (Å²) >= 11 is 0. The molecule has 0 N–H and O–H groups in total. The molecule has 0 fully saturated rings. The average molecular weight is 665 g/mol. The molecule has 0 radical (unpaired) electrons. The zero-order valence-corrected chi connectivity index (χ0v) is 28.4. The molecular weight excluding hydrogens is 631 g/mol. The minimum atomic E-state index is -0.00846. The molecule has 8 aromatic carbocycles. The van der Waals surface area contributed by atoms with E-state index in [-0.39, 0.29) is 6.71 Å². The van der Waals surface area contributed by atoms with Gasteiger partial charge in [0.15, 0.2) is 0 Å². The third-order valence-electron chi connectivity index (χ3n) is 10.3. The molecule has 0 aliphatic carbocycles. The van der Waals surface area contributed by atoms with Gasteiger partial charge >= 0.3 is 0 Å². The number of benzene rings is 8. The summed E-state index contributed by atoms with van der Waals surface area (Å²) in [5.74, 6) is 1.76. The van der Waals surface area contributed by atoms with E-state index in [0.717, 1.165) is 45.4 Å². The number of hydrogen-bond donors (Lipinski definition) is 0. The predicted molar refractivity (Wildman–Crippen MR) is 218 cm³/mol. The number of para-hydroxylation sites is 3. The molecule has 0 amide bonds. The second-order valence-corrected chi connectivity index (χ2v) is 13.3. The summed E-state index contributed by atoms with van der Waals surface area (Å²) in [6, 6.07) is 71.4. The second kappa shape index (κ2) is 12.5. The van der Waals surface area contributed by atoms with E-state index in [2.05, 4.69) is 210 Å². The summed E-state index contributed by atoms with van der Waals surface area (Å²) in [6.45, 7) is -0.00846. The molecule has 8 aromatic rings. The Bertz CT molecular complexity index is 2520. The first-order chi connectivity index (χ1) is 25.8. The number of nitrogens with zero attached hydrogens (tertiary/aromatic N) is 2. The van der Waals surface area contributed by atoms with Crippen LogP contribution in [-0.4, -0.2) is 6.71 Å². The highest BCUT2D eigenvalue weighted by Gasteiger charge is 2.42. The van der Waals surface area contributed by atoms with Gasteiger partial charge in [-0.15, -0.1) is 0 Å². The third kappa shape index (κ3) is 4.99. The summed E-state index contributed by atoms with van der Waals surface area (Å²) in [5.41, 5.74) is 15.0. The van der Waals surface area contributed by atoms with Crippen LogP contribution in [0.2, 0.25) is 0 Å². The van der Waals surface area contributed by atoms with E-state index in [1.165, 1.54) is 38.9 Å². The fraction of sp³-hybridized carbons (Fsp3) is 0. The van der Waals surface area contributed by atoms with Gasteiger partial charge in [-0.2, -0.15) is 0 Å². The van der Waals surface area contributed by atoms with Crippen LogP contribution in [-0.2, 0) is 0 Å². The molecule has 0 spiro atoms. The van der Waals surface area contributed by atoms with Crippen molar-refractivity contribution < 1.29 is 4.74 Å². The Balaban J connectivity index is 1.18. The van der Waals surface area contributed by atoms with Crippen molar-refractivity contribution in [3.05, 3.63) is 200 Å². The maximum Gasteiger partial charge on any atom is 0.256 e. The lowest BCUT2D eigenvalue weighted by molar-refractivity contribution is 0.487. The van der Waals surface area contributed by atoms with Crippen molar-refractivity contribution in [3.63, 3.8) is 0 Å². The zero-order valence-electron chi connectivity index (χ0n) is 28.4. The van der Waals surface area contributed by atoms with Crippen LogP contribution in [0.15, 0.2) is 200 Å². The summed E-state index contributed by atoms with van der Waals surface area (Å²) < 4.78 is 6.94. The van der Waals surface area contributed by atoms with E-state index < -0.39 is 0 Å². The van der Waals surface area contributed by atoms with Crippen molar-refractivity contribution in [1.82, 2.24) is 0 Å². The Hall–Kier alpha value is -6.78. The molecule has 0 unspecified atom stereocenters. The molecule has 0 atom stereocenters. The van der Waals surface area contributed by atoms with Crippen molar-refractivity contribution in [2.75, 3.05) is 9.80 Å². The minimum Gasteiger partial charge on any atom is -0.458 e. The summed E-state index contributed by atoms with van der Waals surface area (Å²) in [4.78, 5) is 4.74. The molecule has 0 bridgehead atoms. The van der Waals surface area contributed by atoms with Gasteiger partial charge in [-0.05, 0) is 87.7 Å². The van der Waals surface area contributed by atoms with Gasteiger partial charge in [0.05, 0.1) is 5.69 Å². The van der Waals surface area contributed by atoms with Crippen molar-refractivity contribution in [1.29, 1.82) is 0 Å². The first-order valence-electron chi connectivity index (χ1n) is 17.8. The van der Waals surface area contributed by atoms with Gasteiger partial charge < -0.3 is 14.5 Å². The third-order valence-corrected chi connectivity index (χ3v) is 10.3. The van der Waals surface area contributed by atoms with E-state index in [1.807, 2.05) is 0 Å². The van der Waals surface area contributed by atoms with Gasteiger partial charge in [0.1, 0.15) is 11.5 Å². The van der Waals surface area contributed by atoms with Crippen LogP contribution in [0.5, 0.6) is 11.5 Å². The second-order valence-electron chi connectivity index (χ2n) is 13.3. The molecule has 0 saturated carbocycles. The van der Waals surface area contributed by atoms with Crippen molar-refractivity contribution in [3.8, 4) is 33.8 Å². The molecule has 3 nitrogen and oxygen atoms in total. The normalized spacial score (nSPS) is 12.3. The molecular formula is C48H33BN2O. The Labute approximate surface area is 304 Å². The Kier molecular flexibility index (Phi) is 7.25. The molecule has 0 aromatic heterocycles. The number of anilines is 6. The molecule has 10 rings (SSSR count). The van der Waals surface area contributed by atoms with Crippen LogP contribution in [0.25, 0.3) is 22.3 Å². The highest BCUT2D eigenvalue weighted by molar-refractivity contribution is 6.99. The number of fused-ring (bicyclic) bond motifs is 4. The Morgan fingerprint density at radius 1 is 0.385 bits per heavy atom. The van der Waals surface area contributed by atoms with Gasteiger partial charge in [-0.25, -0.2) is 0 Å². The number of ether oxygens (including phenoxy) is 1. The van der Waals surface area contributed by atoms with E-state index >= 15 is 0 Å². The lowest BCUT2D eigenvalue weighted by atomic mass is 9.34. The van der Waals surface area contributed by atoms with E-state index in [1.54, 1.807) is 0 Å². The fourth-order valence-electron chi connectivity index (χ4n) is 8.01. The molecule has 52 heavy (non-hydrogen) atoms. The van der Waals surface area contributed by atoms with Crippen LogP contribution < -0.4 is 30.9 Å². The van der Waals surface area contributed by atoms with E-state index in [0.29, 0.717) is 0 Å². The molecule has 2 heterocycles. The van der Waals surface area contributed by atoms with Crippen molar-refractivity contribution in [2.45, 2.75) is 0 Å². The summed E-state index contributed by atoms with van der Waals surface area (Å²) in [5, 5.41) is 0. The first-order valence-corrected chi connectivity index (χ1v) is 17.8. The van der Waals surface area contributed by atoms with E-state index in [9.17, 15) is 0 Å². The molecule has 0 saturated heterocycles. The lowest BCUT2D eigenvalue weighted by Crippen LogP contribution is -2.59. The summed E-state index contributed by atoms with van der Waals surface area (Å²) in [6.07, 6.45) is 0. The molecule has 244 valence electrons. The van der Waals surface area contributed by atoms with Gasteiger partial charge in [0.25, 0.3) is 6.71 Å². The monoisotopic (exact) mass is 664 g/mol. The molecule has 2 aliphatic rings. The Morgan fingerprint density at radius 2 is 0.981 bits per heavy atom. The topological polar surface area (TPSA) is 15.7 Å². The van der Waals surface area contributed by atoms with Crippen LogP contribution in [0.4, 0.5) is 34.1 Å². The Morgan fingerprint density at radius 3 is 1.69 bits per heavy atom. The van der Waals surface area contributed by atoms with Crippen LogP contribution in [0.1, 0.15) is 0 Å². The molecule has 2 aliphatic heterocycles. The lowest BCUT2D eigenvalue weighted by Gasteiger charge is -2.41. The first kappa shape index (κ1) is 30.1. The van der Waals surface area contributed by atoms with Crippen LogP contribution in [0.3, 0.4) is 0 Å². The average Bonchev–Trinajstić information content (AvgIpc) is 3.22. The largest absolute Gasteiger partial charge is 0.458 e. The van der Waals surface area contributed by atoms with Crippen molar-refractivity contribution in [2.24, 2.45) is 0 Å². The maximum atomic E-state index is 6.94. The summed E-state index contributed by atoms with van der Waals surface area (Å²) in [7, 11) is 0. The predicted octanol–water partition coefficient (Wildman–Crippen LogP) is 10.9. The molecule has 4 heteroatoms. The number of hydrogen-bond acceptors (Lipinski definition) is 3. The van der Waals surface area contributed by atoms with Crippen LogP contribution >= 0.6 is 0 Å². The smallest absolute Gasteiger partial charge is 0.256 e. The fourth-order valence-corrected chi connectivity index (χ4v) is 8.01. The van der Waals surface area contributed by atoms with Gasteiger partial charge in [-0.1, -0.05) is 140 Å². The zero-order chi connectivity index (χ0) is 34.4. The highest BCUT2D eigenvalue weighted by atomic mass is 16.5. The van der Waals surface area contributed by atoms with Gasteiger partial charge in [0, 0.05) is 40.1 Å². The standard InChI is InChI=1S/C48H33BN2O/c1-5-16-34(17-6-1)36-28-30-41-45(32-36)51(43-25-14-13-24-40(43)35-18-7-2-8-19-35)44-26-15-27-46-48(44)49(41)42-31-29-39(33-47(42)52-46)50(37-20-9-3-10-21-37)38-22-11-4-12-23-38/h1-33H. The van der Waals surface area contributed by atoms with E-state index in [4.69, 9.17) is 4.74 Å². The van der Waals surface area contributed by atoms with Gasteiger partial charge in [0.2, 0.25) is 0 Å².